The van der Waals surface area contributed by atoms with E-state index in [1.165, 1.54) is 37.8 Å². The molecule has 7 heteroatoms. The molecule has 5 rings (SSSR count). The summed E-state index contributed by atoms with van der Waals surface area (Å²) < 4.78 is 5.62. The highest BCUT2D eigenvalue weighted by atomic mass is 16.5. The van der Waals surface area contributed by atoms with Crippen molar-refractivity contribution < 1.29 is 4.74 Å². The van der Waals surface area contributed by atoms with E-state index >= 15 is 0 Å². The first-order valence-corrected chi connectivity index (χ1v) is 10.0. The molecule has 142 valence electrons. The van der Waals surface area contributed by atoms with Crippen LogP contribution in [0.1, 0.15) is 43.6 Å². The van der Waals surface area contributed by atoms with Gasteiger partial charge in [-0.25, -0.2) is 4.98 Å². The highest BCUT2D eigenvalue weighted by molar-refractivity contribution is 5.90. The van der Waals surface area contributed by atoms with Crippen molar-refractivity contribution in [2.75, 3.05) is 26.3 Å². The van der Waals surface area contributed by atoms with E-state index in [0.717, 1.165) is 54.5 Å². The Balaban J connectivity index is 1.32. The minimum atomic E-state index is 0.591. The van der Waals surface area contributed by atoms with E-state index in [4.69, 9.17) is 4.74 Å². The Hall–Kier alpha value is -2.25. The van der Waals surface area contributed by atoms with Gasteiger partial charge >= 0.3 is 0 Å². The first-order valence-electron chi connectivity index (χ1n) is 10.0. The number of nitrogens with one attached hydrogen (secondary N) is 2. The van der Waals surface area contributed by atoms with Crippen LogP contribution in [0.4, 0.5) is 0 Å². The van der Waals surface area contributed by atoms with Crippen molar-refractivity contribution in [1.82, 2.24) is 30.3 Å². The van der Waals surface area contributed by atoms with E-state index in [1.54, 1.807) is 6.20 Å². The van der Waals surface area contributed by atoms with Gasteiger partial charge in [0.1, 0.15) is 5.69 Å². The van der Waals surface area contributed by atoms with E-state index in [-0.39, 0.29) is 0 Å². The van der Waals surface area contributed by atoms with Gasteiger partial charge in [-0.2, -0.15) is 10.2 Å². The van der Waals surface area contributed by atoms with Crippen LogP contribution in [0.2, 0.25) is 0 Å². The van der Waals surface area contributed by atoms with E-state index in [1.807, 2.05) is 12.4 Å². The van der Waals surface area contributed by atoms with Crippen molar-refractivity contribution in [2.24, 2.45) is 0 Å². The number of fused-ring (bicyclic) bond motifs is 1. The lowest BCUT2D eigenvalue weighted by atomic mass is 9.81. The summed E-state index contributed by atoms with van der Waals surface area (Å²) in [6.07, 6.45) is 11.9. The molecule has 0 aromatic carbocycles. The Kier molecular flexibility index (Phi) is 4.63. The molecule has 0 amide bonds. The van der Waals surface area contributed by atoms with Gasteiger partial charge in [0.25, 0.3) is 0 Å². The molecule has 1 saturated heterocycles. The van der Waals surface area contributed by atoms with E-state index in [2.05, 4.69) is 36.3 Å². The molecule has 0 unspecified atom stereocenters. The largest absolute Gasteiger partial charge is 0.380 e. The molecule has 27 heavy (non-hydrogen) atoms. The number of rotatable bonds is 3. The summed E-state index contributed by atoms with van der Waals surface area (Å²) in [5.74, 6) is 0.591. The molecule has 0 atom stereocenters. The van der Waals surface area contributed by atoms with Crippen LogP contribution in [0.3, 0.4) is 0 Å². The van der Waals surface area contributed by atoms with Crippen molar-refractivity contribution in [1.29, 1.82) is 0 Å². The van der Waals surface area contributed by atoms with Gasteiger partial charge in [0.2, 0.25) is 0 Å². The summed E-state index contributed by atoms with van der Waals surface area (Å²) >= 11 is 0. The van der Waals surface area contributed by atoms with Gasteiger partial charge < -0.3 is 4.74 Å². The van der Waals surface area contributed by atoms with Crippen molar-refractivity contribution in [3.63, 3.8) is 0 Å². The third kappa shape index (κ3) is 3.37. The monoisotopic (exact) mass is 366 g/mol. The Labute approximate surface area is 158 Å². The van der Waals surface area contributed by atoms with E-state index in [9.17, 15) is 0 Å². The fraction of sp³-hybridized carbons (Fsp3) is 0.550. The Morgan fingerprint density at radius 1 is 1.07 bits per heavy atom. The van der Waals surface area contributed by atoms with Crippen LogP contribution in [0.15, 0.2) is 24.7 Å². The summed E-state index contributed by atoms with van der Waals surface area (Å²) in [5, 5.41) is 15.5. The number of H-pyrrole nitrogens is 2. The van der Waals surface area contributed by atoms with Gasteiger partial charge in [0.05, 0.1) is 12.8 Å². The molecule has 2 fully saturated rings. The first-order chi connectivity index (χ1) is 13.4. The number of nitrogens with zero attached hydrogens (tertiary/aromatic N) is 4. The lowest BCUT2D eigenvalue weighted by Crippen LogP contribution is -2.39. The predicted molar refractivity (Wildman–Crippen MR) is 103 cm³/mol. The summed E-state index contributed by atoms with van der Waals surface area (Å²) in [4.78, 5) is 7.28. The van der Waals surface area contributed by atoms with Crippen LogP contribution >= 0.6 is 0 Å². The van der Waals surface area contributed by atoms with Gasteiger partial charge in [-0.15, -0.1) is 0 Å². The maximum absolute atomic E-state index is 5.62. The van der Waals surface area contributed by atoms with Crippen LogP contribution in [-0.2, 0) is 4.74 Å². The van der Waals surface area contributed by atoms with Gasteiger partial charge in [-0.05, 0) is 49.7 Å². The van der Waals surface area contributed by atoms with Gasteiger partial charge in [-0.3, -0.25) is 15.1 Å². The Bertz CT molecular complexity index is 873. The summed E-state index contributed by atoms with van der Waals surface area (Å²) in [6.45, 7) is 4.08. The van der Waals surface area contributed by atoms with Crippen LogP contribution < -0.4 is 0 Å². The van der Waals surface area contributed by atoms with Crippen molar-refractivity contribution in [2.45, 2.75) is 44.1 Å². The molecular weight excluding hydrogens is 340 g/mol. The molecule has 0 bridgehead atoms. The molecule has 2 aliphatic rings. The molecule has 1 aliphatic heterocycles. The molecule has 0 radical (unpaired) electrons. The number of ether oxygens (including phenoxy) is 1. The van der Waals surface area contributed by atoms with Crippen LogP contribution in [0, 0.1) is 0 Å². The lowest BCUT2D eigenvalue weighted by Gasteiger charge is -2.36. The zero-order chi connectivity index (χ0) is 18.1. The van der Waals surface area contributed by atoms with Gasteiger partial charge in [0.15, 0.2) is 5.65 Å². The predicted octanol–water partition coefficient (Wildman–Crippen LogP) is 3.10. The van der Waals surface area contributed by atoms with Gasteiger partial charge in [0, 0.05) is 49.1 Å². The standard InChI is InChI=1S/C20H26N6O/c1-6-26(7-9-27-8-1)17-4-2-14(3-5-17)15-10-18-19(16-12-22-23-13-16)24-25-20(18)21-11-15/h10-14,17H,1-9H2,(H,22,23)(H,21,24,25)/t14-,17-. The third-order valence-electron chi connectivity index (χ3n) is 6.15. The van der Waals surface area contributed by atoms with Crippen LogP contribution in [-0.4, -0.2) is 62.6 Å². The Morgan fingerprint density at radius 3 is 2.85 bits per heavy atom. The quantitative estimate of drug-likeness (QED) is 0.744. The maximum Gasteiger partial charge on any atom is 0.155 e. The second kappa shape index (κ2) is 7.40. The summed E-state index contributed by atoms with van der Waals surface area (Å²) in [5.41, 5.74) is 4.10. The van der Waals surface area contributed by atoms with Gasteiger partial charge in [-0.1, -0.05) is 0 Å². The number of pyridine rings is 1. The summed E-state index contributed by atoms with van der Waals surface area (Å²) in [6, 6.07) is 2.99. The van der Waals surface area contributed by atoms with Crippen molar-refractivity contribution in [3.05, 3.63) is 30.2 Å². The van der Waals surface area contributed by atoms with Crippen molar-refractivity contribution in [3.8, 4) is 11.3 Å². The fourth-order valence-electron chi connectivity index (χ4n) is 4.65. The topological polar surface area (TPSA) is 82.7 Å². The molecule has 1 saturated carbocycles. The second-order valence-electron chi connectivity index (χ2n) is 7.73. The molecule has 0 spiro atoms. The third-order valence-corrected chi connectivity index (χ3v) is 6.15. The molecular formula is C20H26N6O. The van der Waals surface area contributed by atoms with Crippen LogP contribution in [0.25, 0.3) is 22.3 Å². The lowest BCUT2D eigenvalue weighted by molar-refractivity contribution is 0.118. The number of hydrogen-bond acceptors (Lipinski definition) is 5. The fourth-order valence-corrected chi connectivity index (χ4v) is 4.65. The first kappa shape index (κ1) is 16.9. The van der Waals surface area contributed by atoms with E-state index < -0.39 is 0 Å². The highest BCUT2D eigenvalue weighted by Gasteiger charge is 2.27. The molecule has 7 nitrogen and oxygen atoms in total. The molecule has 4 heterocycles. The summed E-state index contributed by atoms with van der Waals surface area (Å²) in [7, 11) is 0. The number of aromatic nitrogens is 5. The zero-order valence-electron chi connectivity index (χ0n) is 15.5. The number of hydrogen-bond donors (Lipinski definition) is 2. The normalized spacial score (nSPS) is 24.9. The molecule has 3 aromatic heterocycles. The smallest absolute Gasteiger partial charge is 0.155 e. The SMILES string of the molecule is c1n[nH]cc1-c1n[nH]c2ncc([C@H]3CC[C@H](N4CCCOCC4)CC3)cc12. The molecule has 3 aromatic rings. The average Bonchev–Trinajstić information content (AvgIpc) is 3.30. The molecule has 2 N–H and O–H groups in total. The Morgan fingerprint density at radius 2 is 2.00 bits per heavy atom. The van der Waals surface area contributed by atoms with Crippen molar-refractivity contribution >= 4 is 11.0 Å². The second-order valence-corrected chi connectivity index (χ2v) is 7.73. The number of aromatic amines is 2. The molecule has 1 aliphatic carbocycles. The average molecular weight is 366 g/mol. The van der Waals surface area contributed by atoms with Crippen LogP contribution in [0.5, 0.6) is 0 Å². The zero-order valence-corrected chi connectivity index (χ0v) is 15.5. The highest BCUT2D eigenvalue weighted by Crippen LogP contribution is 2.36. The van der Waals surface area contributed by atoms with E-state index in [0.29, 0.717) is 5.92 Å². The minimum Gasteiger partial charge on any atom is -0.380 e. The maximum atomic E-state index is 5.62. The minimum absolute atomic E-state index is 0.591.